The van der Waals surface area contributed by atoms with E-state index in [1.807, 2.05) is 20.0 Å². The van der Waals surface area contributed by atoms with Crippen LogP contribution in [0.1, 0.15) is 19.4 Å². The molecule has 0 saturated heterocycles. The first-order chi connectivity index (χ1) is 6.97. The molecule has 0 radical (unpaired) electrons. The number of hydrogen-bond donors (Lipinski definition) is 2. The van der Waals surface area contributed by atoms with Crippen LogP contribution >= 0.6 is 11.6 Å². The van der Waals surface area contributed by atoms with Gasteiger partial charge in [0.25, 0.3) is 0 Å². The fourth-order valence-electron chi connectivity index (χ4n) is 1.62. The monoisotopic (exact) mass is 224 g/mol. The van der Waals surface area contributed by atoms with Crippen molar-refractivity contribution >= 4 is 22.6 Å². The lowest BCUT2D eigenvalue weighted by Gasteiger charge is -2.17. The summed E-state index contributed by atoms with van der Waals surface area (Å²) in [6.45, 7) is 3.95. The maximum absolute atomic E-state index is 6.02. The number of H-pyrrole nitrogens is 1. The average molecular weight is 225 g/mol. The van der Waals surface area contributed by atoms with Gasteiger partial charge in [-0.05, 0) is 25.8 Å². The molecule has 0 spiro atoms. The second-order valence-corrected chi connectivity index (χ2v) is 4.73. The van der Waals surface area contributed by atoms with Gasteiger partial charge in [0.1, 0.15) is 17.1 Å². The molecule has 0 saturated carbocycles. The second kappa shape index (κ2) is 3.47. The van der Waals surface area contributed by atoms with E-state index in [1.54, 1.807) is 0 Å². The Morgan fingerprint density at radius 2 is 2.20 bits per heavy atom. The van der Waals surface area contributed by atoms with Gasteiger partial charge in [-0.15, -0.1) is 0 Å². The van der Waals surface area contributed by atoms with Gasteiger partial charge in [-0.3, -0.25) is 0 Å². The zero-order valence-corrected chi connectivity index (χ0v) is 9.47. The van der Waals surface area contributed by atoms with Crippen LogP contribution in [0.5, 0.6) is 0 Å². The van der Waals surface area contributed by atoms with Crippen LogP contribution in [0.4, 0.5) is 0 Å². The quantitative estimate of drug-likeness (QED) is 0.766. The lowest BCUT2D eigenvalue weighted by molar-refractivity contribution is 0.518. The zero-order chi connectivity index (χ0) is 11.1. The highest BCUT2D eigenvalue weighted by Gasteiger charge is 2.16. The summed E-state index contributed by atoms with van der Waals surface area (Å²) in [6.07, 6.45) is 4.07. The Hall–Kier alpha value is -1.13. The predicted octanol–water partition coefficient (Wildman–Crippen LogP) is 1.89. The smallest absolute Gasteiger partial charge is 0.142 e. The van der Waals surface area contributed by atoms with Crippen molar-refractivity contribution in [1.82, 2.24) is 15.0 Å². The van der Waals surface area contributed by atoms with Gasteiger partial charge in [0, 0.05) is 11.7 Å². The van der Waals surface area contributed by atoms with Crippen molar-refractivity contribution in [3.05, 3.63) is 23.2 Å². The van der Waals surface area contributed by atoms with Crippen LogP contribution in [-0.2, 0) is 6.42 Å². The molecule has 0 aromatic carbocycles. The molecular formula is C10H13ClN4. The average Bonchev–Trinajstić information content (AvgIpc) is 2.47. The normalized spacial score (nSPS) is 12.3. The third kappa shape index (κ3) is 2.11. The first kappa shape index (κ1) is 10.4. The third-order valence-electron chi connectivity index (χ3n) is 2.15. The summed E-state index contributed by atoms with van der Waals surface area (Å²) in [6, 6.07) is 0. The molecule has 0 aliphatic rings. The first-order valence-electron chi connectivity index (χ1n) is 4.73. The Morgan fingerprint density at radius 1 is 1.47 bits per heavy atom. The molecule has 5 heteroatoms. The number of halogens is 1. The van der Waals surface area contributed by atoms with Gasteiger partial charge in [0.15, 0.2) is 0 Å². The Bertz CT molecular complexity index is 484. The molecule has 2 aromatic heterocycles. The van der Waals surface area contributed by atoms with Crippen molar-refractivity contribution in [2.24, 2.45) is 5.73 Å². The maximum Gasteiger partial charge on any atom is 0.142 e. The fourth-order valence-corrected chi connectivity index (χ4v) is 1.87. The largest absolute Gasteiger partial charge is 0.346 e. The van der Waals surface area contributed by atoms with Gasteiger partial charge in [0.2, 0.25) is 0 Å². The van der Waals surface area contributed by atoms with Crippen molar-refractivity contribution in [3.63, 3.8) is 0 Å². The third-order valence-corrected chi connectivity index (χ3v) is 2.44. The molecule has 2 aromatic rings. The van der Waals surface area contributed by atoms with Gasteiger partial charge in [-0.1, -0.05) is 11.6 Å². The number of nitrogens with zero attached hydrogens (tertiary/aromatic N) is 2. The number of hydrogen-bond acceptors (Lipinski definition) is 3. The van der Waals surface area contributed by atoms with E-state index in [9.17, 15) is 0 Å². The molecule has 80 valence electrons. The molecule has 0 atom stereocenters. The van der Waals surface area contributed by atoms with Crippen molar-refractivity contribution in [1.29, 1.82) is 0 Å². The van der Waals surface area contributed by atoms with Gasteiger partial charge < -0.3 is 10.7 Å². The van der Waals surface area contributed by atoms with Crippen LogP contribution < -0.4 is 5.73 Å². The molecule has 2 heterocycles. The number of nitrogens with two attached hydrogens (primary N) is 1. The highest BCUT2D eigenvalue weighted by molar-refractivity contribution is 6.34. The highest BCUT2D eigenvalue weighted by Crippen LogP contribution is 2.25. The molecule has 3 N–H and O–H groups in total. The van der Waals surface area contributed by atoms with E-state index in [0.29, 0.717) is 5.15 Å². The molecule has 0 bridgehead atoms. The topological polar surface area (TPSA) is 67.6 Å². The molecule has 0 unspecified atom stereocenters. The molecule has 0 aliphatic heterocycles. The Kier molecular flexibility index (Phi) is 2.40. The Morgan fingerprint density at radius 3 is 2.87 bits per heavy atom. The summed E-state index contributed by atoms with van der Waals surface area (Å²) in [5, 5.41) is 1.35. The van der Waals surface area contributed by atoms with Crippen molar-refractivity contribution in [2.75, 3.05) is 0 Å². The first-order valence-corrected chi connectivity index (χ1v) is 5.10. The predicted molar refractivity (Wildman–Crippen MR) is 60.9 cm³/mol. The highest BCUT2D eigenvalue weighted by atomic mass is 35.5. The lowest BCUT2D eigenvalue weighted by atomic mass is 9.97. The van der Waals surface area contributed by atoms with Gasteiger partial charge in [-0.2, -0.15) is 0 Å². The second-order valence-electron chi connectivity index (χ2n) is 4.37. The van der Waals surface area contributed by atoms with Crippen LogP contribution in [0.2, 0.25) is 5.15 Å². The molecule has 4 nitrogen and oxygen atoms in total. The summed E-state index contributed by atoms with van der Waals surface area (Å²) in [7, 11) is 0. The summed E-state index contributed by atoms with van der Waals surface area (Å²) in [4.78, 5) is 11.1. The molecule has 0 fully saturated rings. The Balaban J connectivity index is 2.53. The van der Waals surface area contributed by atoms with Crippen molar-refractivity contribution in [2.45, 2.75) is 25.8 Å². The summed E-state index contributed by atoms with van der Waals surface area (Å²) in [5.74, 6) is 0. The minimum Gasteiger partial charge on any atom is -0.346 e. The standard InChI is InChI=1S/C10H13ClN4/c1-10(2,12)3-6-4-13-9-7(6)8(11)14-5-15-9/h4-5H,3,12H2,1-2H3,(H,13,14,15). The van der Waals surface area contributed by atoms with E-state index >= 15 is 0 Å². The summed E-state index contributed by atoms with van der Waals surface area (Å²) >= 11 is 6.02. The fraction of sp³-hybridized carbons (Fsp3) is 0.400. The van der Waals surface area contributed by atoms with Crippen LogP contribution in [0.15, 0.2) is 12.5 Å². The number of nitrogens with one attached hydrogen (secondary N) is 1. The SMILES string of the molecule is CC(C)(N)Cc1c[nH]c2ncnc(Cl)c12. The van der Waals surface area contributed by atoms with Crippen LogP contribution in [-0.4, -0.2) is 20.5 Å². The van der Waals surface area contributed by atoms with Gasteiger partial charge >= 0.3 is 0 Å². The number of fused-ring (bicyclic) bond motifs is 1. The molecule has 0 aliphatic carbocycles. The van der Waals surface area contributed by atoms with Crippen LogP contribution in [0, 0.1) is 0 Å². The summed E-state index contributed by atoms with van der Waals surface area (Å²) < 4.78 is 0. The molecule has 15 heavy (non-hydrogen) atoms. The van der Waals surface area contributed by atoms with Gasteiger partial charge in [0.05, 0.1) is 5.39 Å². The molecule has 0 amide bonds. The number of rotatable bonds is 2. The van der Waals surface area contributed by atoms with E-state index < -0.39 is 0 Å². The Labute approximate surface area is 92.9 Å². The zero-order valence-electron chi connectivity index (χ0n) is 8.71. The van der Waals surface area contributed by atoms with E-state index in [-0.39, 0.29) is 5.54 Å². The minimum atomic E-state index is -0.270. The van der Waals surface area contributed by atoms with E-state index in [4.69, 9.17) is 17.3 Å². The number of aromatic amines is 1. The number of aromatic nitrogens is 3. The molecular weight excluding hydrogens is 212 g/mol. The summed E-state index contributed by atoms with van der Waals surface area (Å²) in [5.41, 5.74) is 7.52. The van der Waals surface area contributed by atoms with Gasteiger partial charge in [-0.25, -0.2) is 9.97 Å². The van der Waals surface area contributed by atoms with E-state index in [0.717, 1.165) is 23.0 Å². The minimum absolute atomic E-state index is 0.270. The lowest BCUT2D eigenvalue weighted by Crippen LogP contribution is -2.34. The maximum atomic E-state index is 6.02. The van der Waals surface area contributed by atoms with E-state index in [2.05, 4.69) is 15.0 Å². The van der Waals surface area contributed by atoms with Crippen LogP contribution in [0.3, 0.4) is 0 Å². The van der Waals surface area contributed by atoms with Crippen molar-refractivity contribution in [3.8, 4) is 0 Å². The van der Waals surface area contributed by atoms with Crippen LogP contribution in [0.25, 0.3) is 11.0 Å². The molecule has 2 rings (SSSR count). The van der Waals surface area contributed by atoms with Crippen molar-refractivity contribution < 1.29 is 0 Å². The van der Waals surface area contributed by atoms with E-state index in [1.165, 1.54) is 6.33 Å².